The van der Waals surface area contributed by atoms with Crippen LogP contribution in [0.15, 0.2) is 0 Å². The zero-order valence-electron chi connectivity index (χ0n) is 6.19. The van der Waals surface area contributed by atoms with Crippen LogP contribution >= 0.6 is 0 Å². The van der Waals surface area contributed by atoms with Crippen LogP contribution in [-0.4, -0.2) is 56.1 Å². The Labute approximate surface area is 94.7 Å². The van der Waals surface area contributed by atoms with E-state index in [0.29, 0.717) is 13.1 Å². The van der Waals surface area contributed by atoms with Crippen LogP contribution in [0.1, 0.15) is 19.3 Å². The third-order valence-electron chi connectivity index (χ3n) is 1.52. The van der Waals surface area contributed by atoms with Gasteiger partial charge < -0.3 is 0 Å². The average molecular weight is 204 g/mol. The second-order valence-electron chi connectivity index (χ2n) is 2.56. The molecule has 0 unspecified atom stereocenters. The molecule has 0 amide bonds. The van der Waals surface area contributed by atoms with Gasteiger partial charge in [-0.2, -0.15) is 17.8 Å². The van der Waals surface area contributed by atoms with Gasteiger partial charge in [0.1, 0.15) is 0 Å². The van der Waals surface area contributed by atoms with Crippen LogP contribution in [0, 0.1) is 0 Å². The molecule has 1 fully saturated rings. The van der Waals surface area contributed by atoms with E-state index in [1.54, 1.807) is 0 Å². The van der Waals surface area contributed by atoms with Crippen molar-refractivity contribution in [3.63, 3.8) is 0 Å². The van der Waals surface area contributed by atoms with Crippen LogP contribution in [0.3, 0.4) is 0 Å². The first-order valence-electron chi connectivity index (χ1n) is 3.55. The number of hydrogen-bond acceptors (Lipinski definition) is 4. The van der Waals surface area contributed by atoms with E-state index in [1.807, 2.05) is 0 Å². The SMILES string of the molecule is NS(=O)(=O)ON1CCCCC1.[NaH]. The molecule has 68 valence electrons. The Balaban J connectivity index is 0.00000121. The second kappa shape index (κ2) is 5.54. The summed E-state index contributed by atoms with van der Waals surface area (Å²) in [6.45, 7) is 1.30. The Morgan fingerprint density at radius 3 is 2.08 bits per heavy atom. The summed E-state index contributed by atoms with van der Waals surface area (Å²) >= 11 is 0. The normalized spacial score (nSPS) is 20.1. The number of piperidine rings is 1. The van der Waals surface area contributed by atoms with Crippen molar-refractivity contribution in [2.45, 2.75) is 19.3 Å². The first-order chi connectivity index (χ1) is 5.08. The maximum absolute atomic E-state index is 10.4. The van der Waals surface area contributed by atoms with Crippen molar-refractivity contribution < 1.29 is 12.7 Å². The van der Waals surface area contributed by atoms with Crippen LogP contribution < -0.4 is 5.14 Å². The maximum atomic E-state index is 10.4. The van der Waals surface area contributed by atoms with E-state index in [1.165, 1.54) is 5.06 Å². The van der Waals surface area contributed by atoms with Crippen LogP contribution in [0.4, 0.5) is 0 Å². The van der Waals surface area contributed by atoms with Gasteiger partial charge in [0.05, 0.1) is 0 Å². The molecule has 0 radical (unpaired) electrons. The summed E-state index contributed by atoms with van der Waals surface area (Å²) in [6.07, 6.45) is 3.06. The molecule has 0 atom stereocenters. The quantitative estimate of drug-likeness (QED) is 0.583. The van der Waals surface area contributed by atoms with Gasteiger partial charge in [-0.1, -0.05) is 6.42 Å². The molecular weight excluding hydrogens is 191 g/mol. The van der Waals surface area contributed by atoms with Gasteiger partial charge in [-0.3, -0.25) is 0 Å². The van der Waals surface area contributed by atoms with Gasteiger partial charge in [0.2, 0.25) is 0 Å². The Morgan fingerprint density at radius 1 is 1.17 bits per heavy atom. The molecule has 0 spiro atoms. The molecule has 1 saturated heterocycles. The molecule has 0 aromatic rings. The molecule has 1 heterocycles. The minimum absolute atomic E-state index is 0. The summed E-state index contributed by atoms with van der Waals surface area (Å²) in [5.41, 5.74) is 0. The Kier molecular flexibility index (Phi) is 5.92. The van der Waals surface area contributed by atoms with Crippen molar-refractivity contribution in [3.05, 3.63) is 0 Å². The molecule has 0 bridgehead atoms. The molecule has 0 saturated carbocycles. The first kappa shape index (κ1) is 12.8. The van der Waals surface area contributed by atoms with Crippen molar-refractivity contribution in [2.75, 3.05) is 13.1 Å². The molecule has 12 heavy (non-hydrogen) atoms. The molecule has 1 aliphatic rings. The van der Waals surface area contributed by atoms with Gasteiger partial charge in [-0.15, -0.1) is 0 Å². The number of nitrogens with two attached hydrogens (primary N) is 1. The molecule has 1 rings (SSSR count). The van der Waals surface area contributed by atoms with Gasteiger partial charge >= 0.3 is 39.9 Å². The fourth-order valence-corrected chi connectivity index (χ4v) is 1.53. The number of rotatable bonds is 2. The molecule has 0 aromatic heterocycles. The van der Waals surface area contributed by atoms with E-state index < -0.39 is 10.3 Å². The fraction of sp³-hybridized carbons (Fsp3) is 1.00. The van der Waals surface area contributed by atoms with E-state index in [-0.39, 0.29) is 29.6 Å². The molecule has 5 nitrogen and oxygen atoms in total. The number of nitrogens with zero attached hydrogens (tertiary/aromatic N) is 1. The second-order valence-corrected chi connectivity index (χ2v) is 3.69. The molecule has 0 aromatic carbocycles. The van der Waals surface area contributed by atoms with Gasteiger partial charge in [-0.05, 0) is 12.8 Å². The minimum atomic E-state index is -3.80. The van der Waals surface area contributed by atoms with Gasteiger partial charge in [-0.25, -0.2) is 5.14 Å². The number of hydrogen-bond donors (Lipinski definition) is 1. The third-order valence-corrected chi connectivity index (χ3v) is 1.94. The predicted octanol–water partition coefficient (Wildman–Crippen LogP) is -1.04. The predicted molar refractivity (Wildman–Crippen MR) is 46.8 cm³/mol. The zero-order chi connectivity index (χ0) is 8.32. The van der Waals surface area contributed by atoms with Gasteiger partial charge in [0.15, 0.2) is 0 Å². The summed E-state index contributed by atoms with van der Waals surface area (Å²) in [4.78, 5) is 0. The topological polar surface area (TPSA) is 72.6 Å². The average Bonchev–Trinajstić information content (AvgIpc) is 1.85. The van der Waals surface area contributed by atoms with Crippen LogP contribution in [0.25, 0.3) is 0 Å². The Morgan fingerprint density at radius 2 is 1.67 bits per heavy atom. The van der Waals surface area contributed by atoms with Crippen LogP contribution in [0.5, 0.6) is 0 Å². The summed E-state index contributed by atoms with van der Waals surface area (Å²) < 4.78 is 25.3. The van der Waals surface area contributed by atoms with Crippen molar-refractivity contribution in [2.24, 2.45) is 5.14 Å². The summed E-state index contributed by atoms with van der Waals surface area (Å²) in [7, 11) is -3.80. The Bertz CT molecular complexity index is 213. The molecule has 2 N–H and O–H groups in total. The molecular formula is C5H13N2NaO3S. The van der Waals surface area contributed by atoms with E-state index in [4.69, 9.17) is 0 Å². The summed E-state index contributed by atoms with van der Waals surface area (Å²) in [5, 5.41) is 6.06. The monoisotopic (exact) mass is 204 g/mol. The van der Waals surface area contributed by atoms with E-state index >= 15 is 0 Å². The Hall–Kier alpha value is 0.830. The van der Waals surface area contributed by atoms with Crippen LogP contribution in [0.2, 0.25) is 0 Å². The third kappa shape index (κ3) is 5.47. The van der Waals surface area contributed by atoms with Crippen molar-refractivity contribution >= 4 is 39.9 Å². The van der Waals surface area contributed by atoms with E-state index in [0.717, 1.165) is 19.3 Å². The molecule has 7 heteroatoms. The van der Waals surface area contributed by atoms with E-state index in [2.05, 4.69) is 9.42 Å². The van der Waals surface area contributed by atoms with Gasteiger partial charge in [0, 0.05) is 13.1 Å². The van der Waals surface area contributed by atoms with Crippen molar-refractivity contribution in [3.8, 4) is 0 Å². The molecule has 0 aliphatic carbocycles. The molecule has 1 aliphatic heterocycles. The summed E-state index contributed by atoms with van der Waals surface area (Å²) in [6, 6.07) is 0. The fourth-order valence-electron chi connectivity index (χ4n) is 1.09. The number of hydroxylamine groups is 2. The first-order valence-corrected chi connectivity index (χ1v) is 5.02. The van der Waals surface area contributed by atoms with E-state index in [9.17, 15) is 8.42 Å². The zero-order valence-corrected chi connectivity index (χ0v) is 7.01. The summed E-state index contributed by atoms with van der Waals surface area (Å²) in [5.74, 6) is 0. The van der Waals surface area contributed by atoms with Gasteiger partial charge in [0.25, 0.3) is 0 Å². The van der Waals surface area contributed by atoms with Crippen LogP contribution in [-0.2, 0) is 14.6 Å². The van der Waals surface area contributed by atoms with Crippen molar-refractivity contribution in [1.29, 1.82) is 0 Å². The standard InChI is InChI=1S/C5H12N2O3S.Na.H/c6-11(8,9)10-7-4-2-1-3-5-7;;/h1-5H2,(H2,6,8,9);;. The van der Waals surface area contributed by atoms with Crippen molar-refractivity contribution in [1.82, 2.24) is 5.06 Å².